The van der Waals surface area contributed by atoms with Crippen molar-refractivity contribution in [2.75, 3.05) is 18.0 Å². The largest absolute Gasteiger partial charge is 0.362 e. The molecule has 1 fully saturated rings. The molecule has 0 bridgehead atoms. The summed E-state index contributed by atoms with van der Waals surface area (Å²) < 4.78 is 27.9. The number of nitrogens with zero attached hydrogens (tertiary/aromatic N) is 3. The number of nitriles is 1. The van der Waals surface area contributed by atoms with Crippen LogP contribution in [-0.2, 0) is 11.3 Å². The highest BCUT2D eigenvalue weighted by molar-refractivity contribution is 6.32. The maximum atomic E-state index is 14.2. The number of rotatable bonds is 5. The van der Waals surface area contributed by atoms with Gasteiger partial charge in [0.1, 0.15) is 6.07 Å². The fourth-order valence-corrected chi connectivity index (χ4v) is 3.54. The number of likely N-dealkylation sites (N-methyl/N-ethyl adjacent to an activating group) is 1. The zero-order valence-electron chi connectivity index (χ0n) is 14.8. The fraction of sp³-hybridized carbons (Fsp3) is 0.300. The maximum absolute atomic E-state index is 14.2. The van der Waals surface area contributed by atoms with Crippen LogP contribution in [0.25, 0.3) is 0 Å². The second-order valence-electron chi connectivity index (χ2n) is 6.41. The van der Waals surface area contributed by atoms with Gasteiger partial charge < -0.3 is 9.80 Å². The van der Waals surface area contributed by atoms with Gasteiger partial charge in [-0.2, -0.15) is 5.26 Å². The average molecular weight is 390 g/mol. The lowest BCUT2D eigenvalue weighted by atomic mass is 10.1. The first kappa shape index (κ1) is 19.1. The monoisotopic (exact) mass is 389 g/mol. The minimum Gasteiger partial charge on any atom is -0.362 e. The molecule has 140 valence electrons. The summed E-state index contributed by atoms with van der Waals surface area (Å²) >= 11 is 6.16. The van der Waals surface area contributed by atoms with Crippen molar-refractivity contribution in [1.29, 1.82) is 5.26 Å². The molecule has 0 N–H and O–H groups in total. The first-order valence-electron chi connectivity index (χ1n) is 8.61. The molecule has 7 heteroatoms. The van der Waals surface area contributed by atoms with E-state index in [2.05, 4.69) is 0 Å². The molecule has 0 saturated carbocycles. The van der Waals surface area contributed by atoms with Gasteiger partial charge in [-0.1, -0.05) is 23.7 Å². The van der Waals surface area contributed by atoms with Crippen LogP contribution in [0.4, 0.5) is 14.5 Å². The SMILES string of the molecule is CCN1C[C@@H](N(Cc2cccc(F)c2F)c2ccc(C#N)c(Cl)c2)CC1=O. The van der Waals surface area contributed by atoms with E-state index in [0.717, 1.165) is 6.07 Å². The molecule has 4 nitrogen and oxygen atoms in total. The normalized spacial score (nSPS) is 16.5. The van der Waals surface area contributed by atoms with Crippen molar-refractivity contribution in [1.82, 2.24) is 4.90 Å². The van der Waals surface area contributed by atoms with E-state index in [1.54, 1.807) is 23.1 Å². The van der Waals surface area contributed by atoms with Gasteiger partial charge in [0.25, 0.3) is 0 Å². The minimum absolute atomic E-state index is 0.0203. The lowest BCUT2D eigenvalue weighted by molar-refractivity contribution is -0.127. The second kappa shape index (κ2) is 7.93. The van der Waals surface area contributed by atoms with Crippen LogP contribution in [-0.4, -0.2) is 29.9 Å². The van der Waals surface area contributed by atoms with Crippen LogP contribution in [0.15, 0.2) is 36.4 Å². The third-order valence-electron chi connectivity index (χ3n) is 4.79. The minimum atomic E-state index is -0.914. The summed E-state index contributed by atoms with van der Waals surface area (Å²) in [4.78, 5) is 15.8. The van der Waals surface area contributed by atoms with E-state index >= 15 is 0 Å². The highest BCUT2D eigenvalue weighted by atomic mass is 35.5. The number of hydrogen-bond donors (Lipinski definition) is 0. The van der Waals surface area contributed by atoms with E-state index in [4.69, 9.17) is 16.9 Å². The molecule has 0 aromatic heterocycles. The number of benzene rings is 2. The Hall–Kier alpha value is -2.65. The predicted molar refractivity (Wildman–Crippen MR) is 99.4 cm³/mol. The van der Waals surface area contributed by atoms with E-state index in [1.807, 2.05) is 17.9 Å². The lowest BCUT2D eigenvalue weighted by Crippen LogP contribution is -2.37. The van der Waals surface area contributed by atoms with Crippen LogP contribution in [0.3, 0.4) is 0 Å². The Labute approximate surface area is 161 Å². The molecule has 1 heterocycles. The molecule has 2 aromatic carbocycles. The van der Waals surface area contributed by atoms with Crippen molar-refractivity contribution in [3.05, 3.63) is 64.2 Å². The summed E-state index contributed by atoms with van der Waals surface area (Å²) in [6.45, 7) is 3.06. The van der Waals surface area contributed by atoms with Crippen molar-refractivity contribution in [2.24, 2.45) is 0 Å². The van der Waals surface area contributed by atoms with Gasteiger partial charge in [0, 0.05) is 37.3 Å². The van der Waals surface area contributed by atoms with Gasteiger partial charge in [0.2, 0.25) is 5.91 Å². The Morgan fingerprint density at radius 2 is 2.11 bits per heavy atom. The van der Waals surface area contributed by atoms with Crippen molar-refractivity contribution in [2.45, 2.75) is 25.9 Å². The zero-order chi connectivity index (χ0) is 19.6. The van der Waals surface area contributed by atoms with E-state index in [-0.39, 0.29) is 35.5 Å². The van der Waals surface area contributed by atoms with Crippen LogP contribution in [0, 0.1) is 23.0 Å². The molecule has 3 rings (SSSR count). The van der Waals surface area contributed by atoms with Gasteiger partial charge in [-0.15, -0.1) is 0 Å². The third kappa shape index (κ3) is 3.88. The third-order valence-corrected chi connectivity index (χ3v) is 5.11. The van der Waals surface area contributed by atoms with Crippen LogP contribution >= 0.6 is 11.6 Å². The molecule has 1 aliphatic rings. The van der Waals surface area contributed by atoms with Gasteiger partial charge in [0.05, 0.1) is 16.6 Å². The van der Waals surface area contributed by atoms with Crippen molar-refractivity contribution < 1.29 is 13.6 Å². The van der Waals surface area contributed by atoms with Gasteiger partial charge in [-0.05, 0) is 31.2 Å². The van der Waals surface area contributed by atoms with E-state index < -0.39 is 11.6 Å². The summed E-state index contributed by atoms with van der Waals surface area (Å²) in [6.07, 6.45) is 0.280. The molecule has 0 radical (unpaired) electrons. The van der Waals surface area contributed by atoms with Gasteiger partial charge in [0.15, 0.2) is 11.6 Å². The number of hydrogen-bond acceptors (Lipinski definition) is 3. The van der Waals surface area contributed by atoms with E-state index in [0.29, 0.717) is 24.3 Å². The molecule has 1 aliphatic heterocycles. The Kier molecular flexibility index (Phi) is 5.62. The molecule has 1 atom stereocenters. The Morgan fingerprint density at radius 1 is 1.33 bits per heavy atom. The van der Waals surface area contributed by atoms with Gasteiger partial charge in [-0.25, -0.2) is 8.78 Å². The maximum Gasteiger partial charge on any atom is 0.224 e. The molecule has 0 aliphatic carbocycles. The fourth-order valence-electron chi connectivity index (χ4n) is 3.32. The van der Waals surface area contributed by atoms with Crippen LogP contribution < -0.4 is 4.90 Å². The molecular weight excluding hydrogens is 372 g/mol. The van der Waals surface area contributed by atoms with Crippen molar-refractivity contribution in [3.63, 3.8) is 0 Å². The van der Waals surface area contributed by atoms with Crippen molar-refractivity contribution >= 4 is 23.2 Å². The topological polar surface area (TPSA) is 47.3 Å². The second-order valence-corrected chi connectivity index (χ2v) is 6.81. The number of carbonyl (C=O) groups excluding carboxylic acids is 1. The molecule has 0 unspecified atom stereocenters. The standard InChI is InChI=1S/C20H18ClF2N3O/c1-2-25-12-16(9-19(25)27)26(11-14-4-3-5-18(22)20(14)23)15-7-6-13(10-24)17(21)8-15/h3-8,16H,2,9,11-12H2,1H3/t16-/m0/s1. The van der Waals surface area contributed by atoms with Crippen LogP contribution in [0.2, 0.25) is 5.02 Å². The van der Waals surface area contributed by atoms with Crippen molar-refractivity contribution in [3.8, 4) is 6.07 Å². The number of amides is 1. The molecule has 1 saturated heterocycles. The van der Waals surface area contributed by atoms with Gasteiger partial charge in [-0.3, -0.25) is 4.79 Å². The molecule has 0 spiro atoms. The van der Waals surface area contributed by atoms with Crippen LogP contribution in [0.1, 0.15) is 24.5 Å². The summed E-state index contributed by atoms with van der Waals surface area (Å²) in [7, 11) is 0. The Morgan fingerprint density at radius 3 is 2.74 bits per heavy atom. The Bertz CT molecular complexity index is 913. The average Bonchev–Trinajstić information content (AvgIpc) is 3.03. The first-order chi connectivity index (χ1) is 12.9. The molecule has 1 amide bonds. The van der Waals surface area contributed by atoms with Crippen LogP contribution in [0.5, 0.6) is 0 Å². The predicted octanol–water partition coefficient (Wildman–Crippen LogP) is 4.12. The molecular formula is C20H18ClF2N3O. The quantitative estimate of drug-likeness (QED) is 0.772. The smallest absolute Gasteiger partial charge is 0.224 e. The van der Waals surface area contributed by atoms with Gasteiger partial charge >= 0.3 is 0 Å². The van der Waals surface area contributed by atoms with E-state index in [1.165, 1.54) is 12.1 Å². The highest BCUT2D eigenvalue weighted by Crippen LogP contribution is 2.30. The lowest BCUT2D eigenvalue weighted by Gasteiger charge is -2.31. The summed E-state index contributed by atoms with van der Waals surface area (Å²) in [5, 5.41) is 9.35. The first-order valence-corrected chi connectivity index (χ1v) is 8.99. The zero-order valence-corrected chi connectivity index (χ0v) is 15.5. The number of halogens is 3. The summed E-state index contributed by atoms with van der Waals surface area (Å²) in [5.41, 5.74) is 1.17. The summed E-state index contributed by atoms with van der Waals surface area (Å²) in [5.74, 6) is -1.80. The molecule has 27 heavy (non-hydrogen) atoms. The number of carbonyl (C=O) groups is 1. The summed E-state index contributed by atoms with van der Waals surface area (Å²) in [6, 6.07) is 10.8. The number of likely N-dealkylation sites (tertiary alicyclic amines) is 1. The number of anilines is 1. The molecule has 2 aromatic rings. The Balaban J connectivity index is 1.99. The van der Waals surface area contributed by atoms with E-state index in [9.17, 15) is 13.6 Å². The highest BCUT2D eigenvalue weighted by Gasteiger charge is 2.33.